The van der Waals surface area contributed by atoms with Crippen LogP contribution in [0, 0.1) is 5.41 Å². The largest absolute Gasteiger partial charge is 0.430 e. The van der Waals surface area contributed by atoms with Gasteiger partial charge in [-0.3, -0.25) is 4.79 Å². The van der Waals surface area contributed by atoms with Crippen LogP contribution in [0.5, 0.6) is 0 Å². The number of hydrogen-bond acceptors (Lipinski definition) is 2. The maximum atomic E-state index is 12.9. The third-order valence-electron chi connectivity index (χ3n) is 5.35. The van der Waals surface area contributed by atoms with E-state index in [1.54, 1.807) is 0 Å². The first-order chi connectivity index (χ1) is 12.4. The highest BCUT2D eigenvalue weighted by molar-refractivity contribution is 5.95. The van der Waals surface area contributed by atoms with E-state index >= 15 is 0 Å². The fourth-order valence-corrected chi connectivity index (χ4v) is 3.52. The Balaban J connectivity index is 2.25. The number of halogens is 6. The molecule has 1 aliphatic rings. The van der Waals surface area contributed by atoms with Gasteiger partial charge in [-0.05, 0) is 31.4 Å². The van der Waals surface area contributed by atoms with E-state index in [-0.39, 0.29) is 11.6 Å². The van der Waals surface area contributed by atoms with E-state index in [9.17, 15) is 36.2 Å². The molecule has 3 nitrogen and oxygen atoms in total. The lowest BCUT2D eigenvalue weighted by Gasteiger charge is -2.35. The first kappa shape index (κ1) is 21.5. The van der Waals surface area contributed by atoms with Gasteiger partial charge in [0.1, 0.15) is 0 Å². The Morgan fingerprint density at radius 3 is 1.89 bits per heavy atom. The van der Waals surface area contributed by atoms with Crippen molar-refractivity contribution in [2.24, 2.45) is 5.41 Å². The first-order valence-corrected chi connectivity index (χ1v) is 8.65. The zero-order valence-corrected chi connectivity index (χ0v) is 14.7. The molecule has 0 saturated heterocycles. The monoisotopic (exact) mass is 397 g/mol. The molecule has 0 heterocycles. The highest BCUT2D eigenvalue weighted by atomic mass is 19.4. The number of aliphatic hydroxyl groups is 1. The Bertz CT molecular complexity index is 646. The van der Waals surface area contributed by atoms with Gasteiger partial charge in [-0.1, -0.05) is 38.3 Å². The summed E-state index contributed by atoms with van der Waals surface area (Å²) in [6.45, 7) is 1.88. The summed E-state index contributed by atoms with van der Waals surface area (Å²) in [5.74, 6) is -0.292. The summed E-state index contributed by atoms with van der Waals surface area (Å²) in [5, 5.41) is 12.0. The summed E-state index contributed by atoms with van der Waals surface area (Å²) in [4.78, 5) is 12.6. The number of carbonyl (C=O) groups is 1. The topological polar surface area (TPSA) is 49.3 Å². The zero-order valence-electron chi connectivity index (χ0n) is 14.7. The average molecular weight is 397 g/mol. The van der Waals surface area contributed by atoms with Crippen molar-refractivity contribution in [3.63, 3.8) is 0 Å². The van der Waals surface area contributed by atoms with E-state index in [4.69, 9.17) is 0 Å². The van der Waals surface area contributed by atoms with Gasteiger partial charge in [0.05, 0.1) is 0 Å². The molecule has 0 spiro atoms. The standard InChI is InChI=1S/C18H21F6NO2/c1-2-15(10-4-3-5-11-15)14(26)25-13-8-6-12(7-9-13)16(27,17(19,20)21)18(22,23)24/h6-9,27H,2-5,10-11H2,1H3,(H,25,26). The number of alkyl halides is 6. The van der Waals surface area contributed by atoms with Crippen molar-refractivity contribution < 1.29 is 36.2 Å². The predicted octanol–water partition coefficient (Wildman–Crippen LogP) is 5.30. The lowest BCUT2D eigenvalue weighted by Crippen LogP contribution is -2.53. The van der Waals surface area contributed by atoms with Gasteiger partial charge in [-0.2, -0.15) is 26.3 Å². The number of anilines is 1. The number of nitrogens with one attached hydrogen (secondary N) is 1. The average Bonchev–Trinajstić information content (AvgIpc) is 2.60. The number of benzene rings is 1. The molecule has 0 unspecified atom stereocenters. The van der Waals surface area contributed by atoms with Gasteiger partial charge in [-0.25, -0.2) is 0 Å². The number of rotatable bonds is 4. The maximum absolute atomic E-state index is 12.9. The minimum absolute atomic E-state index is 0.0776. The summed E-state index contributed by atoms with van der Waals surface area (Å²) < 4.78 is 77.4. The molecule has 2 rings (SSSR count). The molecule has 0 aliphatic heterocycles. The summed E-state index contributed by atoms with van der Waals surface area (Å²) in [5.41, 5.74) is -6.83. The first-order valence-electron chi connectivity index (χ1n) is 8.65. The van der Waals surface area contributed by atoms with Gasteiger partial charge in [0, 0.05) is 16.7 Å². The summed E-state index contributed by atoms with van der Waals surface area (Å²) in [6.07, 6.45) is -7.09. The van der Waals surface area contributed by atoms with Crippen molar-refractivity contribution in [3.05, 3.63) is 29.8 Å². The second-order valence-electron chi connectivity index (χ2n) is 6.93. The van der Waals surface area contributed by atoms with Crippen molar-refractivity contribution in [2.45, 2.75) is 63.4 Å². The number of hydrogen-bond donors (Lipinski definition) is 2. The molecule has 0 atom stereocenters. The van der Waals surface area contributed by atoms with Crippen LogP contribution in [0.2, 0.25) is 0 Å². The van der Waals surface area contributed by atoms with Gasteiger partial charge >= 0.3 is 12.4 Å². The fraction of sp³-hybridized carbons (Fsp3) is 0.611. The Morgan fingerprint density at radius 1 is 1.00 bits per heavy atom. The summed E-state index contributed by atoms with van der Waals surface area (Å²) >= 11 is 0. The third-order valence-corrected chi connectivity index (χ3v) is 5.35. The number of carbonyl (C=O) groups excluding carboxylic acids is 1. The lowest BCUT2D eigenvalue weighted by atomic mass is 9.71. The molecule has 1 fully saturated rings. The van der Waals surface area contributed by atoms with Crippen LogP contribution in [-0.4, -0.2) is 23.4 Å². The van der Waals surface area contributed by atoms with E-state index in [1.807, 2.05) is 6.92 Å². The van der Waals surface area contributed by atoms with Crippen LogP contribution in [0.3, 0.4) is 0 Å². The molecule has 9 heteroatoms. The molecule has 1 saturated carbocycles. The van der Waals surface area contributed by atoms with Crippen LogP contribution in [0.15, 0.2) is 24.3 Å². The van der Waals surface area contributed by atoms with E-state index < -0.39 is 28.9 Å². The molecular formula is C18H21F6NO2. The van der Waals surface area contributed by atoms with Crippen molar-refractivity contribution in [2.75, 3.05) is 5.32 Å². The van der Waals surface area contributed by atoms with Gasteiger partial charge in [0.2, 0.25) is 5.91 Å². The fourth-order valence-electron chi connectivity index (χ4n) is 3.52. The van der Waals surface area contributed by atoms with Gasteiger partial charge in [0.15, 0.2) is 0 Å². The summed E-state index contributed by atoms with van der Waals surface area (Å²) in [6, 6.07) is 2.91. The van der Waals surface area contributed by atoms with Crippen molar-refractivity contribution >= 4 is 11.6 Å². The molecule has 0 bridgehead atoms. The second-order valence-corrected chi connectivity index (χ2v) is 6.93. The molecule has 1 aromatic carbocycles. The summed E-state index contributed by atoms with van der Waals surface area (Å²) in [7, 11) is 0. The molecule has 1 aliphatic carbocycles. The minimum Gasteiger partial charge on any atom is -0.369 e. The van der Waals surface area contributed by atoms with Gasteiger partial charge < -0.3 is 10.4 Å². The molecule has 0 radical (unpaired) electrons. The molecule has 2 N–H and O–H groups in total. The van der Waals surface area contributed by atoms with Crippen molar-refractivity contribution in [1.29, 1.82) is 0 Å². The van der Waals surface area contributed by atoms with Crippen LogP contribution >= 0.6 is 0 Å². The maximum Gasteiger partial charge on any atom is 0.430 e. The highest BCUT2D eigenvalue weighted by Gasteiger charge is 2.71. The predicted molar refractivity (Wildman–Crippen MR) is 86.9 cm³/mol. The quantitative estimate of drug-likeness (QED) is 0.678. The van der Waals surface area contributed by atoms with Crippen LogP contribution in [0.1, 0.15) is 51.0 Å². The van der Waals surface area contributed by atoms with Crippen LogP contribution in [0.25, 0.3) is 0 Å². The molecule has 0 aromatic heterocycles. The molecular weight excluding hydrogens is 376 g/mol. The van der Waals surface area contributed by atoms with E-state index in [2.05, 4.69) is 5.32 Å². The molecule has 1 amide bonds. The van der Waals surface area contributed by atoms with Gasteiger partial charge in [0.25, 0.3) is 5.60 Å². The Labute approximate surface area is 152 Å². The lowest BCUT2D eigenvalue weighted by molar-refractivity contribution is -0.376. The zero-order chi connectivity index (χ0) is 20.5. The van der Waals surface area contributed by atoms with Crippen LogP contribution in [0.4, 0.5) is 32.0 Å². The minimum atomic E-state index is -5.94. The van der Waals surface area contributed by atoms with Gasteiger partial charge in [-0.15, -0.1) is 0 Å². The molecule has 1 aromatic rings. The van der Waals surface area contributed by atoms with Crippen LogP contribution < -0.4 is 5.32 Å². The van der Waals surface area contributed by atoms with Crippen molar-refractivity contribution in [1.82, 2.24) is 0 Å². The smallest absolute Gasteiger partial charge is 0.369 e. The number of amides is 1. The Hall–Kier alpha value is -1.77. The van der Waals surface area contributed by atoms with E-state index in [0.717, 1.165) is 31.4 Å². The Kier molecular flexibility index (Phi) is 5.85. The van der Waals surface area contributed by atoms with Crippen molar-refractivity contribution in [3.8, 4) is 0 Å². The molecule has 27 heavy (non-hydrogen) atoms. The highest BCUT2D eigenvalue weighted by Crippen LogP contribution is 2.50. The van der Waals surface area contributed by atoms with E-state index in [0.29, 0.717) is 31.4 Å². The SMILES string of the molecule is CCC1(C(=O)Nc2ccc(C(O)(C(F)(F)F)C(F)(F)F)cc2)CCCCC1. The van der Waals surface area contributed by atoms with Crippen LogP contribution in [-0.2, 0) is 10.4 Å². The third kappa shape index (κ3) is 3.93. The second kappa shape index (κ2) is 7.33. The normalized spacial score (nSPS) is 18.2. The Morgan fingerprint density at radius 2 is 1.48 bits per heavy atom. The molecule has 152 valence electrons. The van der Waals surface area contributed by atoms with E-state index in [1.165, 1.54) is 0 Å².